The molecule has 0 fully saturated rings. The molecule has 0 bridgehead atoms. The maximum Gasteiger partial charge on any atom is 0.0781 e. The van der Waals surface area contributed by atoms with E-state index in [-0.39, 0.29) is 0 Å². The van der Waals surface area contributed by atoms with Gasteiger partial charge in [0.2, 0.25) is 0 Å². The van der Waals surface area contributed by atoms with E-state index < -0.39 is 6.10 Å². The third-order valence-electron chi connectivity index (χ3n) is 3.56. The zero-order valence-corrected chi connectivity index (χ0v) is 13.1. The molecule has 0 saturated heterocycles. The van der Waals surface area contributed by atoms with Crippen LogP contribution in [0.4, 0.5) is 5.69 Å². The molecule has 21 heavy (non-hydrogen) atoms. The second-order valence-electron chi connectivity index (χ2n) is 6.03. The van der Waals surface area contributed by atoms with Gasteiger partial charge in [-0.2, -0.15) is 0 Å². The molecular formula is C19H25NO. The molecule has 0 aliphatic rings. The molecule has 0 spiro atoms. The maximum absolute atomic E-state index is 9.78. The summed E-state index contributed by atoms with van der Waals surface area (Å²) >= 11 is 0. The van der Waals surface area contributed by atoms with Crippen LogP contribution < -0.4 is 5.32 Å². The molecule has 1 unspecified atom stereocenters. The highest BCUT2D eigenvalue weighted by Gasteiger charge is 2.06. The number of anilines is 1. The van der Waals surface area contributed by atoms with Gasteiger partial charge in [-0.25, -0.2) is 0 Å². The SMILES string of the molecule is CC(C)Cc1ccc(CNc2ccccc2C(C)O)cc1. The number of benzene rings is 2. The topological polar surface area (TPSA) is 32.3 Å². The Morgan fingerprint density at radius 3 is 2.14 bits per heavy atom. The highest BCUT2D eigenvalue weighted by atomic mass is 16.3. The molecule has 0 amide bonds. The Morgan fingerprint density at radius 1 is 0.905 bits per heavy atom. The van der Waals surface area contributed by atoms with Crippen molar-refractivity contribution >= 4 is 5.69 Å². The molecule has 2 heteroatoms. The van der Waals surface area contributed by atoms with Crippen LogP contribution >= 0.6 is 0 Å². The number of aliphatic hydroxyl groups is 1. The first-order valence-electron chi connectivity index (χ1n) is 7.65. The molecule has 0 saturated carbocycles. The van der Waals surface area contributed by atoms with Crippen molar-refractivity contribution < 1.29 is 5.11 Å². The number of aliphatic hydroxyl groups excluding tert-OH is 1. The fraction of sp³-hybridized carbons (Fsp3) is 0.368. The predicted molar refractivity (Wildman–Crippen MR) is 89.4 cm³/mol. The molecule has 2 aromatic rings. The van der Waals surface area contributed by atoms with Gasteiger partial charge in [0.15, 0.2) is 0 Å². The summed E-state index contributed by atoms with van der Waals surface area (Å²) in [7, 11) is 0. The number of hydrogen-bond acceptors (Lipinski definition) is 2. The fourth-order valence-electron chi connectivity index (χ4n) is 2.48. The summed E-state index contributed by atoms with van der Waals surface area (Å²) in [5.41, 5.74) is 4.58. The number of nitrogens with one attached hydrogen (secondary N) is 1. The van der Waals surface area contributed by atoms with E-state index in [0.717, 1.165) is 24.2 Å². The smallest absolute Gasteiger partial charge is 0.0781 e. The van der Waals surface area contributed by atoms with Gasteiger partial charge in [0, 0.05) is 17.8 Å². The Balaban J connectivity index is 2.00. The van der Waals surface area contributed by atoms with Crippen LogP contribution in [0.2, 0.25) is 0 Å². The Hall–Kier alpha value is -1.80. The van der Waals surface area contributed by atoms with Crippen molar-refractivity contribution in [2.24, 2.45) is 5.92 Å². The second kappa shape index (κ2) is 7.28. The van der Waals surface area contributed by atoms with Gasteiger partial charge in [0.05, 0.1) is 6.10 Å². The summed E-state index contributed by atoms with van der Waals surface area (Å²) < 4.78 is 0. The average Bonchev–Trinajstić information content (AvgIpc) is 2.46. The van der Waals surface area contributed by atoms with Crippen LogP contribution in [0.5, 0.6) is 0 Å². The van der Waals surface area contributed by atoms with Gasteiger partial charge < -0.3 is 10.4 Å². The van der Waals surface area contributed by atoms with E-state index in [1.165, 1.54) is 11.1 Å². The molecule has 0 radical (unpaired) electrons. The molecule has 0 aromatic heterocycles. The quantitative estimate of drug-likeness (QED) is 0.815. The highest BCUT2D eigenvalue weighted by molar-refractivity contribution is 5.52. The van der Waals surface area contributed by atoms with Gasteiger partial charge >= 0.3 is 0 Å². The molecule has 0 aliphatic heterocycles. The van der Waals surface area contributed by atoms with E-state index in [0.29, 0.717) is 5.92 Å². The van der Waals surface area contributed by atoms with Gasteiger partial charge in [-0.1, -0.05) is 56.3 Å². The van der Waals surface area contributed by atoms with Crippen molar-refractivity contribution in [3.63, 3.8) is 0 Å². The summed E-state index contributed by atoms with van der Waals surface area (Å²) in [5.74, 6) is 0.687. The largest absolute Gasteiger partial charge is 0.389 e. The highest BCUT2D eigenvalue weighted by Crippen LogP contribution is 2.22. The molecule has 1 atom stereocenters. The summed E-state index contributed by atoms with van der Waals surface area (Å²) in [4.78, 5) is 0. The Labute approximate surface area is 127 Å². The van der Waals surface area contributed by atoms with Crippen molar-refractivity contribution in [3.8, 4) is 0 Å². The summed E-state index contributed by atoms with van der Waals surface area (Å²) in [5, 5.41) is 13.2. The fourth-order valence-corrected chi connectivity index (χ4v) is 2.48. The minimum atomic E-state index is -0.456. The number of rotatable bonds is 6. The zero-order chi connectivity index (χ0) is 15.2. The van der Waals surface area contributed by atoms with Gasteiger partial charge in [0.25, 0.3) is 0 Å². The Kier molecular flexibility index (Phi) is 5.40. The summed E-state index contributed by atoms with van der Waals surface area (Å²) in [6.07, 6.45) is 0.667. The van der Waals surface area contributed by atoms with E-state index in [4.69, 9.17) is 0 Å². The van der Waals surface area contributed by atoms with Crippen molar-refractivity contribution in [2.45, 2.75) is 39.8 Å². The van der Waals surface area contributed by atoms with E-state index in [9.17, 15) is 5.11 Å². The van der Waals surface area contributed by atoms with Crippen LogP contribution in [0.15, 0.2) is 48.5 Å². The van der Waals surface area contributed by atoms with Gasteiger partial charge in [-0.15, -0.1) is 0 Å². The molecule has 2 aromatic carbocycles. The van der Waals surface area contributed by atoms with Crippen LogP contribution in [0.25, 0.3) is 0 Å². The lowest BCUT2D eigenvalue weighted by Crippen LogP contribution is -2.04. The number of hydrogen-bond donors (Lipinski definition) is 2. The van der Waals surface area contributed by atoms with E-state index >= 15 is 0 Å². The van der Waals surface area contributed by atoms with Crippen LogP contribution in [-0.4, -0.2) is 5.11 Å². The van der Waals surface area contributed by atoms with Crippen molar-refractivity contribution in [2.75, 3.05) is 5.32 Å². The average molecular weight is 283 g/mol. The lowest BCUT2D eigenvalue weighted by atomic mass is 10.0. The molecule has 0 heterocycles. The maximum atomic E-state index is 9.78. The predicted octanol–water partition coefficient (Wildman–Crippen LogP) is 4.55. The van der Waals surface area contributed by atoms with Gasteiger partial charge in [0.1, 0.15) is 0 Å². The normalized spacial score (nSPS) is 12.4. The van der Waals surface area contributed by atoms with E-state index in [1.807, 2.05) is 24.3 Å². The van der Waals surface area contributed by atoms with Crippen LogP contribution in [0.3, 0.4) is 0 Å². The van der Waals surface area contributed by atoms with Gasteiger partial charge in [-0.3, -0.25) is 0 Å². The molecule has 2 N–H and O–H groups in total. The van der Waals surface area contributed by atoms with Gasteiger partial charge in [-0.05, 0) is 36.5 Å². The first-order chi connectivity index (χ1) is 10.1. The minimum absolute atomic E-state index is 0.456. The molecule has 112 valence electrons. The molecule has 2 rings (SSSR count). The molecular weight excluding hydrogens is 258 g/mol. The van der Waals surface area contributed by atoms with E-state index in [1.54, 1.807) is 6.92 Å². The first-order valence-corrected chi connectivity index (χ1v) is 7.65. The lowest BCUT2D eigenvalue weighted by Gasteiger charge is -2.14. The van der Waals surface area contributed by atoms with Crippen LogP contribution in [-0.2, 0) is 13.0 Å². The van der Waals surface area contributed by atoms with Crippen molar-refractivity contribution in [1.29, 1.82) is 0 Å². The summed E-state index contributed by atoms with van der Waals surface area (Å²) in [6, 6.07) is 16.7. The summed E-state index contributed by atoms with van der Waals surface area (Å²) in [6.45, 7) is 7.04. The Morgan fingerprint density at radius 2 is 1.52 bits per heavy atom. The van der Waals surface area contributed by atoms with E-state index in [2.05, 4.69) is 43.4 Å². The first kappa shape index (κ1) is 15.6. The zero-order valence-electron chi connectivity index (χ0n) is 13.1. The third kappa shape index (κ3) is 4.61. The molecule has 2 nitrogen and oxygen atoms in total. The van der Waals surface area contributed by atoms with Crippen molar-refractivity contribution in [3.05, 3.63) is 65.2 Å². The van der Waals surface area contributed by atoms with Crippen molar-refractivity contribution in [1.82, 2.24) is 0 Å². The second-order valence-corrected chi connectivity index (χ2v) is 6.03. The van der Waals surface area contributed by atoms with Crippen LogP contribution in [0, 0.1) is 5.92 Å². The monoisotopic (exact) mass is 283 g/mol. The lowest BCUT2D eigenvalue weighted by molar-refractivity contribution is 0.200. The standard InChI is InChI=1S/C19H25NO/c1-14(2)12-16-8-10-17(11-9-16)13-20-19-7-5-4-6-18(19)15(3)21/h4-11,14-15,20-21H,12-13H2,1-3H3. The Bertz CT molecular complexity index is 558. The number of para-hydroxylation sites is 1. The minimum Gasteiger partial charge on any atom is -0.389 e. The van der Waals surface area contributed by atoms with Crippen LogP contribution in [0.1, 0.15) is 43.6 Å². The molecule has 0 aliphatic carbocycles. The third-order valence-corrected chi connectivity index (χ3v) is 3.56.